The summed E-state index contributed by atoms with van der Waals surface area (Å²) in [4.78, 5) is 16.4. The SMILES string of the molecule is CC(C)NC(=O)C(Cc1ccncc1)c1ccccc1. The van der Waals surface area contributed by atoms with Crippen molar-refractivity contribution >= 4 is 5.91 Å². The van der Waals surface area contributed by atoms with Crippen LogP contribution in [0.5, 0.6) is 0 Å². The lowest BCUT2D eigenvalue weighted by Gasteiger charge is -2.19. The van der Waals surface area contributed by atoms with Crippen LogP contribution in [0.1, 0.15) is 30.9 Å². The highest BCUT2D eigenvalue weighted by molar-refractivity contribution is 5.84. The van der Waals surface area contributed by atoms with E-state index in [0.717, 1.165) is 11.1 Å². The highest BCUT2D eigenvalue weighted by Gasteiger charge is 2.21. The summed E-state index contributed by atoms with van der Waals surface area (Å²) >= 11 is 0. The summed E-state index contributed by atoms with van der Waals surface area (Å²) in [5.41, 5.74) is 2.16. The van der Waals surface area contributed by atoms with Crippen LogP contribution in [0.15, 0.2) is 54.9 Å². The smallest absolute Gasteiger partial charge is 0.228 e. The molecule has 0 fully saturated rings. The molecule has 0 aliphatic rings. The molecule has 0 aliphatic heterocycles. The Labute approximate surface area is 120 Å². The molecule has 1 N–H and O–H groups in total. The Bertz CT molecular complexity index is 537. The highest BCUT2D eigenvalue weighted by Crippen LogP contribution is 2.21. The van der Waals surface area contributed by atoms with Crippen LogP contribution in [0.25, 0.3) is 0 Å². The summed E-state index contributed by atoms with van der Waals surface area (Å²) in [6.45, 7) is 3.96. The van der Waals surface area contributed by atoms with Crippen LogP contribution in [0.2, 0.25) is 0 Å². The van der Waals surface area contributed by atoms with E-state index < -0.39 is 0 Å². The van der Waals surface area contributed by atoms with Crippen molar-refractivity contribution in [1.82, 2.24) is 10.3 Å². The summed E-state index contributed by atoms with van der Waals surface area (Å²) in [5, 5.41) is 3.01. The van der Waals surface area contributed by atoms with Crippen molar-refractivity contribution in [3.8, 4) is 0 Å². The van der Waals surface area contributed by atoms with Gasteiger partial charge in [-0.25, -0.2) is 0 Å². The van der Waals surface area contributed by atoms with Gasteiger partial charge in [-0.3, -0.25) is 9.78 Å². The van der Waals surface area contributed by atoms with Gasteiger partial charge in [0, 0.05) is 18.4 Å². The summed E-state index contributed by atoms with van der Waals surface area (Å²) in [5.74, 6) is -0.0935. The van der Waals surface area contributed by atoms with Crippen molar-refractivity contribution in [1.29, 1.82) is 0 Å². The lowest BCUT2D eigenvalue weighted by Crippen LogP contribution is -2.35. The van der Waals surface area contributed by atoms with E-state index >= 15 is 0 Å². The van der Waals surface area contributed by atoms with Crippen LogP contribution in [-0.4, -0.2) is 16.9 Å². The molecule has 1 aromatic heterocycles. The Kier molecular flexibility index (Phi) is 4.88. The minimum Gasteiger partial charge on any atom is -0.353 e. The molecule has 3 heteroatoms. The van der Waals surface area contributed by atoms with Gasteiger partial charge in [0.05, 0.1) is 5.92 Å². The summed E-state index contributed by atoms with van der Waals surface area (Å²) in [6, 6.07) is 14.0. The molecule has 2 aromatic rings. The average molecular weight is 268 g/mol. The molecule has 20 heavy (non-hydrogen) atoms. The van der Waals surface area contributed by atoms with E-state index in [2.05, 4.69) is 10.3 Å². The standard InChI is InChI=1S/C17H20N2O/c1-13(2)19-17(20)16(15-6-4-3-5-7-15)12-14-8-10-18-11-9-14/h3-11,13,16H,12H2,1-2H3,(H,19,20). The van der Waals surface area contributed by atoms with Crippen LogP contribution in [0.4, 0.5) is 0 Å². The number of hydrogen-bond acceptors (Lipinski definition) is 2. The third kappa shape index (κ3) is 3.92. The molecule has 1 amide bonds. The molecule has 2 rings (SSSR count). The monoisotopic (exact) mass is 268 g/mol. The first-order chi connectivity index (χ1) is 9.66. The van der Waals surface area contributed by atoms with Crippen LogP contribution in [-0.2, 0) is 11.2 Å². The van der Waals surface area contributed by atoms with Gasteiger partial charge in [-0.05, 0) is 43.5 Å². The molecule has 0 aliphatic carbocycles. The zero-order chi connectivity index (χ0) is 14.4. The number of amides is 1. The largest absolute Gasteiger partial charge is 0.353 e. The van der Waals surface area contributed by atoms with E-state index in [1.807, 2.05) is 56.3 Å². The third-order valence-electron chi connectivity index (χ3n) is 3.14. The molecule has 3 nitrogen and oxygen atoms in total. The first-order valence-corrected chi connectivity index (χ1v) is 6.91. The number of nitrogens with zero attached hydrogens (tertiary/aromatic N) is 1. The van der Waals surface area contributed by atoms with Crippen LogP contribution in [0.3, 0.4) is 0 Å². The number of carbonyl (C=O) groups is 1. The predicted molar refractivity (Wildman–Crippen MR) is 80.4 cm³/mol. The fourth-order valence-electron chi connectivity index (χ4n) is 2.19. The van der Waals surface area contributed by atoms with Crippen LogP contribution >= 0.6 is 0 Å². The molecule has 1 aromatic carbocycles. The molecule has 104 valence electrons. The topological polar surface area (TPSA) is 42.0 Å². The van der Waals surface area contributed by atoms with E-state index in [-0.39, 0.29) is 17.9 Å². The second-order valence-electron chi connectivity index (χ2n) is 5.19. The molecule has 0 radical (unpaired) electrons. The van der Waals surface area contributed by atoms with E-state index in [9.17, 15) is 4.79 Å². The summed E-state index contributed by atoms with van der Waals surface area (Å²) < 4.78 is 0. The first-order valence-electron chi connectivity index (χ1n) is 6.91. The van der Waals surface area contributed by atoms with E-state index in [1.165, 1.54) is 0 Å². The second-order valence-corrected chi connectivity index (χ2v) is 5.19. The maximum absolute atomic E-state index is 12.4. The molecule has 1 heterocycles. The van der Waals surface area contributed by atoms with Gasteiger partial charge < -0.3 is 5.32 Å². The van der Waals surface area contributed by atoms with Crippen LogP contribution < -0.4 is 5.32 Å². The van der Waals surface area contributed by atoms with E-state index in [1.54, 1.807) is 12.4 Å². The number of nitrogens with one attached hydrogen (secondary N) is 1. The molecule has 0 spiro atoms. The van der Waals surface area contributed by atoms with Crippen molar-refractivity contribution in [2.24, 2.45) is 0 Å². The number of hydrogen-bond donors (Lipinski definition) is 1. The quantitative estimate of drug-likeness (QED) is 0.906. The molecule has 0 bridgehead atoms. The van der Waals surface area contributed by atoms with Crippen LogP contribution in [0, 0.1) is 0 Å². The van der Waals surface area contributed by atoms with Gasteiger partial charge in [0.2, 0.25) is 5.91 Å². The zero-order valence-corrected chi connectivity index (χ0v) is 11.9. The van der Waals surface area contributed by atoms with Gasteiger partial charge in [0.25, 0.3) is 0 Å². The summed E-state index contributed by atoms with van der Waals surface area (Å²) in [6.07, 6.45) is 4.21. The number of aromatic nitrogens is 1. The predicted octanol–water partition coefficient (Wildman–Crippen LogP) is 2.93. The highest BCUT2D eigenvalue weighted by atomic mass is 16.1. The minimum absolute atomic E-state index is 0.0722. The zero-order valence-electron chi connectivity index (χ0n) is 11.9. The molecule has 0 saturated carbocycles. The number of pyridine rings is 1. The maximum Gasteiger partial charge on any atom is 0.228 e. The minimum atomic E-state index is -0.166. The molecule has 1 unspecified atom stereocenters. The molecular formula is C17H20N2O. The van der Waals surface area contributed by atoms with Gasteiger partial charge in [0.15, 0.2) is 0 Å². The van der Waals surface area contributed by atoms with Gasteiger partial charge in [-0.1, -0.05) is 30.3 Å². The first kappa shape index (κ1) is 14.3. The average Bonchev–Trinajstić information content (AvgIpc) is 2.46. The maximum atomic E-state index is 12.4. The summed E-state index contributed by atoms with van der Waals surface area (Å²) in [7, 11) is 0. The number of benzene rings is 1. The van der Waals surface area contributed by atoms with Gasteiger partial charge in [-0.2, -0.15) is 0 Å². The Morgan fingerprint density at radius 3 is 2.35 bits per heavy atom. The van der Waals surface area contributed by atoms with Crippen molar-refractivity contribution < 1.29 is 4.79 Å². The van der Waals surface area contributed by atoms with Crippen molar-refractivity contribution in [2.75, 3.05) is 0 Å². The fraction of sp³-hybridized carbons (Fsp3) is 0.294. The molecule has 0 saturated heterocycles. The lowest BCUT2D eigenvalue weighted by atomic mass is 9.91. The lowest BCUT2D eigenvalue weighted by molar-refractivity contribution is -0.123. The Morgan fingerprint density at radius 1 is 1.10 bits per heavy atom. The van der Waals surface area contributed by atoms with Gasteiger partial charge in [0.1, 0.15) is 0 Å². The number of rotatable bonds is 5. The van der Waals surface area contributed by atoms with E-state index in [4.69, 9.17) is 0 Å². The Balaban J connectivity index is 2.23. The van der Waals surface area contributed by atoms with Crippen molar-refractivity contribution in [2.45, 2.75) is 32.2 Å². The molecule has 1 atom stereocenters. The fourth-order valence-corrected chi connectivity index (χ4v) is 2.19. The van der Waals surface area contributed by atoms with Gasteiger partial charge in [-0.15, -0.1) is 0 Å². The van der Waals surface area contributed by atoms with Crippen molar-refractivity contribution in [3.05, 3.63) is 66.0 Å². The normalized spacial score (nSPS) is 12.2. The second kappa shape index (κ2) is 6.85. The van der Waals surface area contributed by atoms with E-state index in [0.29, 0.717) is 6.42 Å². The third-order valence-corrected chi connectivity index (χ3v) is 3.14. The Morgan fingerprint density at radius 2 is 1.75 bits per heavy atom. The Hall–Kier alpha value is -2.16. The number of carbonyl (C=O) groups excluding carboxylic acids is 1. The molecular weight excluding hydrogens is 248 g/mol. The van der Waals surface area contributed by atoms with Gasteiger partial charge >= 0.3 is 0 Å². The van der Waals surface area contributed by atoms with Crippen molar-refractivity contribution in [3.63, 3.8) is 0 Å².